The van der Waals surface area contributed by atoms with E-state index in [0.717, 1.165) is 16.7 Å². The molecule has 1 fully saturated rings. The van der Waals surface area contributed by atoms with E-state index in [1.165, 1.54) is 12.1 Å². The highest BCUT2D eigenvalue weighted by atomic mass is 19.1. The Kier molecular flexibility index (Phi) is 5.32. The molecule has 2 N–H and O–H groups in total. The fourth-order valence-corrected chi connectivity index (χ4v) is 3.35. The van der Waals surface area contributed by atoms with Gasteiger partial charge < -0.3 is 15.1 Å². The summed E-state index contributed by atoms with van der Waals surface area (Å²) in [5.74, 6) is -2.53. The van der Waals surface area contributed by atoms with Gasteiger partial charge in [0.25, 0.3) is 0 Å². The van der Waals surface area contributed by atoms with Crippen molar-refractivity contribution in [1.82, 2.24) is 4.90 Å². The zero-order valence-corrected chi connectivity index (χ0v) is 14.1. The average molecular weight is 357 g/mol. The van der Waals surface area contributed by atoms with Crippen molar-refractivity contribution in [1.29, 1.82) is 0 Å². The summed E-state index contributed by atoms with van der Waals surface area (Å²) in [6.07, 6.45) is 0.175. The Labute approximate surface area is 150 Å². The van der Waals surface area contributed by atoms with E-state index in [1.807, 2.05) is 0 Å². The second-order valence-electron chi connectivity index (χ2n) is 6.55. The first-order chi connectivity index (χ1) is 12.5. The van der Waals surface area contributed by atoms with Gasteiger partial charge in [0.2, 0.25) is 5.91 Å². The van der Waals surface area contributed by atoms with Gasteiger partial charge >= 0.3 is 5.97 Å². The number of aliphatic hydroxyl groups excluding tert-OH is 1. The highest BCUT2D eigenvalue weighted by molar-refractivity contribution is 5.81. The molecule has 1 heterocycles. The van der Waals surface area contributed by atoms with Gasteiger partial charge in [0.15, 0.2) is 0 Å². The number of aliphatic hydroxyl groups is 1. The Morgan fingerprint density at radius 1 is 1.00 bits per heavy atom. The number of hydrogen-bond donors (Lipinski definition) is 2. The number of carbonyl (C=O) groups excluding carboxylic acids is 1. The number of carboxylic acids is 1. The van der Waals surface area contributed by atoms with E-state index in [2.05, 4.69) is 0 Å². The minimum Gasteiger partial charge on any atom is -0.481 e. The maximum Gasteiger partial charge on any atom is 0.308 e. The first kappa shape index (κ1) is 18.1. The monoisotopic (exact) mass is 357 g/mol. The number of nitrogens with zero attached hydrogens (tertiary/aromatic N) is 1. The number of aliphatic carboxylic acids is 1. The summed E-state index contributed by atoms with van der Waals surface area (Å²) < 4.78 is 13.1. The van der Waals surface area contributed by atoms with Crippen molar-refractivity contribution in [2.24, 2.45) is 5.92 Å². The topological polar surface area (TPSA) is 77.8 Å². The average Bonchev–Trinajstić information content (AvgIpc) is 3.09. The van der Waals surface area contributed by atoms with Crippen molar-refractivity contribution in [2.45, 2.75) is 18.9 Å². The molecule has 0 aliphatic carbocycles. The molecule has 0 spiro atoms. The Balaban J connectivity index is 1.72. The van der Waals surface area contributed by atoms with Crippen LogP contribution in [0.5, 0.6) is 0 Å². The molecule has 3 rings (SSSR count). The zero-order chi connectivity index (χ0) is 18.7. The fraction of sp³-hybridized carbons (Fsp3) is 0.300. The second kappa shape index (κ2) is 7.66. The van der Waals surface area contributed by atoms with Crippen LogP contribution in [0, 0.1) is 11.7 Å². The molecule has 2 unspecified atom stereocenters. The predicted octanol–water partition coefficient (Wildman–Crippen LogP) is 2.19. The molecule has 0 saturated carbocycles. The molecule has 1 aliphatic heterocycles. The number of hydrogen-bond acceptors (Lipinski definition) is 3. The smallest absolute Gasteiger partial charge is 0.308 e. The van der Waals surface area contributed by atoms with Gasteiger partial charge in [-0.15, -0.1) is 0 Å². The van der Waals surface area contributed by atoms with E-state index in [-0.39, 0.29) is 37.2 Å². The van der Waals surface area contributed by atoms with Crippen molar-refractivity contribution in [3.8, 4) is 0 Å². The second-order valence-corrected chi connectivity index (χ2v) is 6.55. The van der Waals surface area contributed by atoms with Gasteiger partial charge in [-0.2, -0.15) is 0 Å². The summed E-state index contributed by atoms with van der Waals surface area (Å²) in [6, 6.07) is 12.9. The van der Waals surface area contributed by atoms with Crippen LogP contribution in [0.2, 0.25) is 0 Å². The van der Waals surface area contributed by atoms with Crippen molar-refractivity contribution < 1.29 is 24.2 Å². The largest absolute Gasteiger partial charge is 0.481 e. The van der Waals surface area contributed by atoms with Crippen LogP contribution in [0.25, 0.3) is 0 Å². The summed E-state index contributed by atoms with van der Waals surface area (Å²) in [6.45, 7) is 0.390. The molecule has 136 valence electrons. The number of rotatable bonds is 5. The summed E-state index contributed by atoms with van der Waals surface area (Å²) in [5.41, 5.74) is 2.30. The van der Waals surface area contributed by atoms with E-state index in [4.69, 9.17) is 5.11 Å². The predicted molar refractivity (Wildman–Crippen MR) is 92.9 cm³/mol. The van der Waals surface area contributed by atoms with E-state index >= 15 is 0 Å². The lowest BCUT2D eigenvalue weighted by atomic mass is 9.89. The Morgan fingerprint density at radius 3 is 2.19 bits per heavy atom. The SMILES string of the molecule is O=C(O)C1CN(C(=O)Cc2ccc(CO)cc2)CC1c1ccc(F)cc1. The standard InChI is InChI=1S/C20H20FNO4/c21-16-7-5-15(6-8-16)17-10-22(11-18(17)20(25)26)19(24)9-13-1-3-14(12-23)4-2-13/h1-8,17-18,23H,9-12H2,(H,25,26). The molecule has 5 nitrogen and oxygen atoms in total. The molecular formula is C20H20FNO4. The summed E-state index contributed by atoms with van der Waals surface area (Å²) in [5, 5.41) is 18.6. The lowest BCUT2D eigenvalue weighted by Gasteiger charge is -2.17. The molecule has 1 aliphatic rings. The fourth-order valence-electron chi connectivity index (χ4n) is 3.35. The number of carboxylic acid groups (broad SMARTS) is 1. The molecule has 1 amide bonds. The maximum absolute atomic E-state index is 13.1. The van der Waals surface area contributed by atoms with E-state index < -0.39 is 11.9 Å². The van der Waals surface area contributed by atoms with Crippen molar-refractivity contribution >= 4 is 11.9 Å². The number of benzene rings is 2. The third kappa shape index (κ3) is 3.91. The van der Waals surface area contributed by atoms with Crippen LogP contribution in [0.15, 0.2) is 48.5 Å². The van der Waals surface area contributed by atoms with Crippen LogP contribution in [0.1, 0.15) is 22.6 Å². The number of carbonyl (C=O) groups is 2. The summed E-state index contributed by atoms with van der Waals surface area (Å²) in [4.78, 5) is 25.8. The third-order valence-electron chi connectivity index (χ3n) is 4.85. The van der Waals surface area contributed by atoms with Crippen molar-refractivity contribution in [3.63, 3.8) is 0 Å². The van der Waals surface area contributed by atoms with Gasteiger partial charge in [-0.25, -0.2) is 4.39 Å². The molecule has 2 atom stereocenters. The molecule has 0 bridgehead atoms. The molecule has 26 heavy (non-hydrogen) atoms. The van der Waals surface area contributed by atoms with Gasteiger partial charge in [0.1, 0.15) is 5.82 Å². The Hall–Kier alpha value is -2.73. The minimum absolute atomic E-state index is 0.0556. The van der Waals surface area contributed by atoms with Crippen molar-refractivity contribution in [3.05, 3.63) is 71.0 Å². The van der Waals surface area contributed by atoms with E-state index in [1.54, 1.807) is 41.3 Å². The molecule has 2 aromatic rings. The first-order valence-electron chi connectivity index (χ1n) is 8.42. The highest BCUT2D eigenvalue weighted by Crippen LogP contribution is 2.33. The van der Waals surface area contributed by atoms with Crippen LogP contribution >= 0.6 is 0 Å². The molecular weight excluding hydrogens is 337 g/mol. The van der Waals surface area contributed by atoms with E-state index in [0.29, 0.717) is 6.54 Å². The quantitative estimate of drug-likeness (QED) is 0.860. The molecule has 0 aromatic heterocycles. The normalized spacial score (nSPS) is 19.5. The first-order valence-corrected chi connectivity index (χ1v) is 8.42. The summed E-state index contributed by atoms with van der Waals surface area (Å²) in [7, 11) is 0. The molecule has 1 saturated heterocycles. The van der Waals surface area contributed by atoms with Crippen LogP contribution in [0.4, 0.5) is 4.39 Å². The van der Waals surface area contributed by atoms with Gasteiger partial charge in [-0.1, -0.05) is 36.4 Å². The van der Waals surface area contributed by atoms with Crippen LogP contribution in [0.3, 0.4) is 0 Å². The number of likely N-dealkylation sites (tertiary alicyclic amines) is 1. The summed E-state index contributed by atoms with van der Waals surface area (Å²) >= 11 is 0. The third-order valence-corrected chi connectivity index (χ3v) is 4.85. The van der Waals surface area contributed by atoms with Gasteiger partial charge in [0.05, 0.1) is 18.9 Å². The molecule has 0 radical (unpaired) electrons. The van der Waals surface area contributed by atoms with Gasteiger partial charge in [-0.05, 0) is 28.8 Å². The Morgan fingerprint density at radius 2 is 1.62 bits per heavy atom. The van der Waals surface area contributed by atoms with Crippen molar-refractivity contribution in [2.75, 3.05) is 13.1 Å². The lowest BCUT2D eigenvalue weighted by molar-refractivity contribution is -0.141. The number of halogens is 1. The zero-order valence-electron chi connectivity index (χ0n) is 14.1. The lowest BCUT2D eigenvalue weighted by Crippen LogP contribution is -2.31. The highest BCUT2D eigenvalue weighted by Gasteiger charge is 2.40. The van der Waals surface area contributed by atoms with E-state index in [9.17, 15) is 19.1 Å². The Bertz CT molecular complexity index is 788. The minimum atomic E-state index is -0.957. The molecule has 2 aromatic carbocycles. The van der Waals surface area contributed by atoms with Gasteiger partial charge in [0, 0.05) is 19.0 Å². The van der Waals surface area contributed by atoms with Crippen LogP contribution in [-0.4, -0.2) is 40.1 Å². The van der Waals surface area contributed by atoms with Crippen LogP contribution < -0.4 is 0 Å². The van der Waals surface area contributed by atoms with Gasteiger partial charge in [-0.3, -0.25) is 9.59 Å². The maximum atomic E-state index is 13.1. The number of amides is 1. The molecule has 6 heteroatoms. The van der Waals surface area contributed by atoms with Crippen LogP contribution in [-0.2, 0) is 22.6 Å².